The molecule has 0 heterocycles. The molecule has 0 unspecified atom stereocenters. The van der Waals surface area contributed by atoms with Gasteiger partial charge in [0.15, 0.2) is 0 Å². The Labute approximate surface area is 184 Å². The van der Waals surface area contributed by atoms with Gasteiger partial charge in [0.2, 0.25) is 0 Å². The fourth-order valence-corrected chi connectivity index (χ4v) is 6.98. The van der Waals surface area contributed by atoms with Gasteiger partial charge in [-0.05, 0) is 82.0 Å². The fraction of sp³-hybridized carbons (Fsp3) is 0.852. The number of rotatable bonds is 6. The minimum absolute atomic E-state index is 0.146. The number of hydrogen-bond acceptors (Lipinski definition) is 3. The Hall–Kier alpha value is -0.640. The highest BCUT2D eigenvalue weighted by atomic mass is 16.3. The summed E-state index contributed by atoms with van der Waals surface area (Å²) in [4.78, 5) is 0. The van der Waals surface area contributed by atoms with Crippen molar-refractivity contribution in [3.8, 4) is 0 Å². The average molecular weight is 419 g/mol. The Kier molecular flexibility index (Phi) is 7.58. The van der Waals surface area contributed by atoms with Crippen molar-refractivity contribution in [2.75, 3.05) is 0 Å². The van der Waals surface area contributed by atoms with Gasteiger partial charge in [-0.25, -0.2) is 0 Å². The van der Waals surface area contributed by atoms with Gasteiger partial charge in [0.25, 0.3) is 0 Å². The average Bonchev–Trinajstić information content (AvgIpc) is 3.00. The van der Waals surface area contributed by atoms with Crippen LogP contribution in [0.15, 0.2) is 23.3 Å². The number of allylic oxidation sites excluding steroid dienone is 3. The summed E-state index contributed by atoms with van der Waals surface area (Å²) in [5.41, 5.74) is 2.65. The Morgan fingerprint density at radius 2 is 1.87 bits per heavy atom. The molecule has 0 amide bonds. The van der Waals surface area contributed by atoms with Crippen LogP contribution in [-0.4, -0.2) is 33.1 Å². The van der Waals surface area contributed by atoms with Crippen molar-refractivity contribution in [1.82, 2.24) is 0 Å². The molecule has 0 aromatic carbocycles. The molecule has 0 bridgehead atoms. The maximum absolute atomic E-state index is 10.2. The zero-order valence-corrected chi connectivity index (χ0v) is 20.0. The molecule has 3 N–H and O–H groups in total. The molecular weight excluding hydrogens is 372 g/mol. The third kappa shape index (κ3) is 5.40. The van der Waals surface area contributed by atoms with Gasteiger partial charge in [-0.1, -0.05) is 56.9 Å². The first-order valence-corrected chi connectivity index (χ1v) is 12.5. The van der Waals surface area contributed by atoms with Crippen molar-refractivity contribution in [2.45, 2.75) is 117 Å². The lowest BCUT2D eigenvalue weighted by Gasteiger charge is -2.44. The molecule has 30 heavy (non-hydrogen) atoms. The quantitative estimate of drug-likeness (QED) is 0.512. The first-order valence-electron chi connectivity index (χ1n) is 12.5. The van der Waals surface area contributed by atoms with Gasteiger partial charge in [-0.3, -0.25) is 0 Å². The van der Waals surface area contributed by atoms with Crippen molar-refractivity contribution < 1.29 is 15.3 Å². The van der Waals surface area contributed by atoms with E-state index < -0.39 is 17.8 Å². The first kappa shape index (κ1) is 24.0. The maximum atomic E-state index is 10.2. The summed E-state index contributed by atoms with van der Waals surface area (Å²) >= 11 is 0. The number of hydrogen-bond donors (Lipinski definition) is 3. The van der Waals surface area contributed by atoms with E-state index in [4.69, 9.17) is 0 Å². The Morgan fingerprint density at radius 1 is 1.17 bits per heavy atom. The van der Waals surface area contributed by atoms with Crippen LogP contribution >= 0.6 is 0 Å². The first-order chi connectivity index (χ1) is 14.0. The third-order valence-electron chi connectivity index (χ3n) is 8.83. The van der Waals surface area contributed by atoms with Crippen LogP contribution < -0.4 is 0 Å². The number of aliphatic hydroxyl groups excluding tert-OH is 2. The van der Waals surface area contributed by atoms with E-state index in [1.54, 1.807) is 5.57 Å². The molecule has 3 aliphatic carbocycles. The highest BCUT2D eigenvalue weighted by Gasteiger charge is 2.50. The van der Waals surface area contributed by atoms with E-state index >= 15 is 0 Å². The van der Waals surface area contributed by atoms with Gasteiger partial charge in [-0.2, -0.15) is 0 Å². The van der Waals surface area contributed by atoms with E-state index in [0.717, 1.165) is 18.8 Å². The van der Waals surface area contributed by atoms with E-state index in [0.29, 0.717) is 30.1 Å². The molecule has 3 aliphatic rings. The van der Waals surface area contributed by atoms with Crippen molar-refractivity contribution in [3.63, 3.8) is 0 Å². The van der Waals surface area contributed by atoms with Gasteiger partial charge in [-0.15, -0.1) is 0 Å². The summed E-state index contributed by atoms with van der Waals surface area (Å²) in [6, 6.07) is 0. The monoisotopic (exact) mass is 418 g/mol. The molecule has 172 valence electrons. The van der Waals surface area contributed by atoms with Crippen LogP contribution in [0.1, 0.15) is 98.8 Å². The van der Waals surface area contributed by atoms with Gasteiger partial charge in [0.1, 0.15) is 0 Å². The van der Waals surface area contributed by atoms with Gasteiger partial charge < -0.3 is 15.3 Å². The van der Waals surface area contributed by atoms with E-state index in [2.05, 4.69) is 32.9 Å². The topological polar surface area (TPSA) is 60.7 Å². The lowest BCUT2D eigenvalue weighted by atomic mass is 9.60. The van der Waals surface area contributed by atoms with Crippen LogP contribution in [0.2, 0.25) is 0 Å². The van der Waals surface area contributed by atoms with Crippen LogP contribution in [0.4, 0.5) is 0 Å². The van der Waals surface area contributed by atoms with Crippen LogP contribution in [0.25, 0.3) is 0 Å². The molecule has 3 saturated carbocycles. The summed E-state index contributed by atoms with van der Waals surface area (Å²) in [6.45, 7) is 10.9. The second-order valence-corrected chi connectivity index (χ2v) is 11.7. The van der Waals surface area contributed by atoms with Crippen LogP contribution in [0.3, 0.4) is 0 Å². The molecule has 0 aliphatic heterocycles. The lowest BCUT2D eigenvalue weighted by Crippen LogP contribution is -2.36. The summed E-state index contributed by atoms with van der Waals surface area (Å²) in [6.07, 6.45) is 14.6. The van der Waals surface area contributed by atoms with E-state index in [1.807, 2.05) is 13.8 Å². The highest BCUT2D eigenvalue weighted by molar-refractivity contribution is 5.27. The molecule has 3 nitrogen and oxygen atoms in total. The predicted octanol–water partition coefficient (Wildman–Crippen LogP) is 5.78. The van der Waals surface area contributed by atoms with E-state index in [1.165, 1.54) is 44.1 Å². The Bertz CT molecular complexity index is 643. The fourth-order valence-electron chi connectivity index (χ4n) is 6.98. The smallest absolute Gasteiger partial charge is 0.0627 e. The second kappa shape index (κ2) is 9.46. The van der Waals surface area contributed by atoms with Crippen molar-refractivity contribution >= 4 is 0 Å². The van der Waals surface area contributed by atoms with Gasteiger partial charge >= 0.3 is 0 Å². The van der Waals surface area contributed by atoms with Gasteiger partial charge in [0, 0.05) is 12.3 Å². The van der Waals surface area contributed by atoms with E-state index in [9.17, 15) is 15.3 Å². The molecule has 3 rings (SSSR count). The van der Waals surface area contributed by atoms with Crippen LogP contribution in [-0.2, 0) is 0 Å². The highest BCUT2D eigenvalue weighted by Crippen LogP contribution is 2.60. The van der Waals surface area contributed by atoms with Gasteiger partial charge in [0.05, 0.1) is 17.8 Å². The summed E-state index contributed by atoms with van der Waals surface area (Å²) in [5.74, 6) is 2.31. The largest absolute Gasteiger partial charge is 0.393 e. The normalized spacial score (nSPS) is 41.3. The summed E-state index contributed by atoms with van der Waals surface area (Å²) in [5, 5.41) is 30.3. The zero-order chi connectivity index (χ0) is 22.1. The third-order valence-corrected chi connectivity index (χ3v) is 8.83. The SMILES string of the molecule is C[C@H](CCCC(C)(C)O)[C@H]1CC[C@H]2/C(=C/C=C3\C[C@@H](O)C[C@H](O)[C@@H]3C)CCC[C@]12C. The second-order valence-electron chi connectivity index (χ2n) is 11.7. The molecule has 0 aromatic heterocycles. The molecule has 7 atom stereocenters. The maximum Gasteiger partial charge on any atom is 0.0627 e. The molecular formula is C27H46O3. The lowest BCUT2D eigenvalue weighted by molar-refractivity contribution is 0.0332. The molecule has 0 aromatic rings. The van der Waals surface area contributed by atoms with E-state index in [-0.39, 0.29) is 5.92 Å². The van der Waals surface area contributed by atoms with Crippen LogP contribution in [0, 0.1) is 29.1 Å². The minimum atomic E-state index is -0.548. The predicted molar refractivity (Wildman–Crippen MR) is 124 cm³/mol. The molecule has 0 radical (unpaired) electrons. The molecule has 3 heteroatoms. The minimum Gasteiger partial charge on any atom is -0.393 e. The standard InChI is InChI=1S/C27H46O3/c1-18(8-6-14-26(3,4)30)23-12-13-24-20(9-7-15-27(23,24)5)10-11-21-16-22(28)17-25(29)19(21)2/h10-11,18-19,22-25,28-30H,6-9,12-17H2,1-5H3/b20-10+,21-11+/t18-,19-,22-,23-,24+,25+,27-/m1/s1. The Balaban J connectivity index is 1.69. The van der Waals surface area contributed by atoms with Crippen molar-refractivity contribution in [1.29, 1.82) is 0 Å². The van der Waals surface area contributed by atoms with Crippen LogP contribution in [0.5, 0.6) is 0 Å². The number of aliphatic hydroxyl groups is 3. The number of fused-ring (bicyclic) bond motifs is 1. The molecule has 0 spiro atoms. The van der Waals surface area contributed by atoms with Crippen molar-refractivity contribution in [3.05, 3.63) is 23.3 Å². The zero-order valence-electron chi connectivity index (χ0n) is 20.0. The molecule has 3 fully saturated rings. The Morgan fingerprint density at radius 3 is 2.57 bits per heavy atom. The summed E-state index contributed by atoms with van der Waals surface area (Å²) < 4.78 is 0. The molecule has 0 saturated heterocycles. The summed E-state index contributed by atoms with van der Waals surface area (Å²) in [7, 11) is 0. The van der Waals surface area contributed by atoms with Crippen molar-refractivity contribution in [2.24, 2.45) is 29.1 Å².